The molecule has 1 aliphatic heterocycles. The molecule has 1 heterocycles. The molecule has 12 heteroatoms. The molecule has 2 aromatic rings. The van der Waals surface area contributed by atoms with Crippen molar-refractivity contribution < 1.29 is 37.2 Å². The van der Waals surface area contributed by atoms with E-state index in [9.17, 15) is 37.7 Å². The van der Waals surface area contributed by atoms with Crippen molar-refractivity contribution >= 4 is 29.6 Å². The largest absolute Gasteiger partial charge is 0.450 e. The number of nitro benzene ring substituents is 1. The number of benzene rings is 2. The van der Waals surface area contributed by atoms with Gasteiger partial charge in [0.15, 0.2) is 0 Å². The molecule has 2 N–H and O–H groups in total. The maximum atomic E-state index is 12.8. The molecule has 0 spiro atoms. The molecular formula is C18H10F3N3O6. The molecule has 0 aliphatic carbocycles. The molecule has 1 saturated heterocycles. The smallest absolute Gasteiger partial charge is 0.416 e. The molecule has 1 fully saturated rings. The van der Waals surface area contributed by atoms with Crippen LogP contribution in [0.5, 0.6) is 11.5 Å². The number of hydrogen-bond acceptors (Lipinski definition) is 6. The lowest BCUT2D eigenvalue weighted by atomic mass is 10.1. The van der Waals surface area contributed by atoms with Gasteiger partial charge in [-0.15, -0.1) is 0 Å². The summed E-state index contributed by atoms with van der Waals surface area (Å²) in [6.07, 6.45) is -3.55. The molecule has 0 aromatic heterocycles. The lowest BCUT2D eigenvalue weighted by Crippen LogP contribution is -2.51. The molecule has 3 rings (SSSR count). The standard InChI is InChI=1S/C18H10F3N3O6/c19-18(20,21)10-3-6-14(13(8-10)24(28)29)30-11-4-1-9(2-5-11)7-12-15(25)22-17(27)23-16(12)26/h1-8H,(H2,22,23,25,26,27). The minimum atomic E-state index is -4.75. The summed E-state index contributed by atoms with van der Waals surface area (Å²) in [5.41, 5.74) is -2.01. The number of barbiturate groups is 1. The van der Waals surface area contributed by atoms with Crippen molar-refractivity contribution in [3.05, 3.63) is 69.3 Å². The van der Waals surface area contributed by atoms with Crippen LogP contribution in [0.3, 0.4) is 0 Å². The zero-order valence-electron chi connectivity index (χ0n) is 14.6. The van der Waals surface area contributed by atoms with E-state index in [1.54, 1.807) is 0 Å². The lowest BCUT2D eigenvalue weighted by molar-refractivity contribution is -0.385. The van der Waals surface area contributed by atoms with Crippen LogP contribution in [0.4, 0.5) is 23.7 Å². The Morgan fingerprint density at radius 2 is 1.57 bits per heavy atom. The van der Waals surface area contributed by atoms with Gasteiger partial charge in [0.1, 0.15) is 11.3 Å². The average molecular weight is 421 g/mol. The predicted molar refractivity (Wildman–Crippen MR) is 94.3 cm³/mol. The van der Waals surface area contributed by atoms with E-state index >= 15 is 0 Å². The van der Waals surface area contributed by atoms with Gasteiger partial charge >= 0.3 is 17.9 Å². The number of nitro groups is 1. The van der Waals surface area contributed by atoms with E-state index in [0.29, 0.717) is 17.7 Å². The molecule has 30 heavy (non-hydrogen) atoms. The van der Waals surface area contributed by atoms with Crippen LogP contribution in [0.25, 0.3) is 6.08 Å². The van der Waals surface area contributed by atoms with Crippen LogP contribution >= 0.6 is 0 Å². The Balaban J connectivity index is 1.83. The minimum absolute atomic E-state index is 0.0627. The Morgan fingerprint density at radius 3 is 2.10 bits per heavy atom. The number of alkyl halides is 3. The topological polar surface area (TPSA) is 128 Å². The summed E-state index contributed by atoms with van der Waals surface area (Å²) in [6, 6.07) is 6.38. The number of urea groups is 1. The van der Waals surface area contributed by atoms with Gasteiger partial charge in [-0.3, -0.25) is 30.3 Å². The van der Waals surface area contributed by atoms with Crippen molar-refractivity contribution in [2.24, 2.45) is 0 Å². The van der Waals surface area contributed by atoms with Gasteiger partial charge < -0.3 is 4.74 Å². The van der Waals surface area contributed by atoms with E-state index in [1.807, 2.05) is 10.6 Å². The van der Waals surface area contributed by atoms with E-state index in [1.165, 1.54) is 30.3 Å². The number of carbonyl (C=O) groups excluding carboxylic acids is 3. The van der Waals surface area contributed by atoms with Crippen molar-refractivity contribution in [1.29, 1.82) is 0 Å². The highest BCUT2D eigenvalue weighted by atomic mass is 19.4. The number of hydrogen-bond donors (Lipinski definition) is 2. The van der Waals surface area contributed by atoms with Crippen LogP contribution in [0, 0.1) is 10.1 Å². The van der Waals surface area contributed by atoms with E-state index in [-0.39, 0.29) is 11.3 Å². The summed E-state index contributed by atoms with van der Waals surface area (Å²) in [5.74, 6) is -2.11. The van der Waals surface area contributed by atoms with E-state index in [2.05, 4.69) is 0 Å². The quantitative estimate of drug-likeness (QED) is 0.338. The summed E-state index contributed by atoms with van der Waals surface area (Å²) in [7, 11) is 0. The summed E-state index contributed by atoms with van der Waals surface area (Å²) < 4.78 is 43.6. The number of rotatable bonds is 4. The van der Waals surface area contributed by atoms with Crippen molar-refractivity contribution in [1.82, 2.24) is 10.6 Å². The third kappa shape index (κ3) is 4.43. The number of carbonyl (C=O) groups is 3. The van der Waals surface area contributed by atoms with Gasteiger partial charge in [0.05, 0.1) is 10.5 Å². The van der Waals surface area contributed by atoms with Crippen LogP contribution < -0.4 is 15.4 Å². The number of ether oxygens (including phenoxy) is 1. The molecule has 0 atom stereocenters. The molecular weight excluding hydrogens is 411 g/mol. The first-order chi connectivity index (χ1) is 14.0. The Kier molecular flexibility index (Phi) is 5.24. The van der Waals surface area contributed by atoms with Gasteiger partial charge in [-0.1, -0.05) is 12.1 Å². The maximum absolute atomic E-state index is 12.8. The minimum Gasteiger partial charge on any atom is -0.450 e. The summed E-state index contributed by atoms with van der Waals surface area (Å²) in [4.78, 5) is 44.5. The second-order valence-corrected chi connectivity index (χ2v) is 5.90. The van der Waals surface area contributed by atoms with Crippen molar-refractivity contribution in [3.63, 3.8) is 0 Å². The van der Waals surface area contributed by atoms with Crippen LogP contribution in [-0.4, -0.2) is 22.8 Å². The zero-order chi connectivity index (χ0) is 22.1. The molecule has 1 aliphatic rings. The molecule has 2 aromatic carbocycles. The van der Waals surface area contributed by atoms with Gasteiger partial charge in [-0.25, -0.2) is 4.79 Å². The monoisotopic (exact) mass is 421 g/mol. The Bertz CT molecular complexity index is 1070. The van der Waals surface area contributed by atoms with E-state index in [4.69, 9.17) is 4.74 Å². The molecule has 0 unspecified atom stereocenters. The first kappa shape index (κ1) is 20.5. The summed E-state index contributed by atoms with van der Waals surface area (Å²) >= 11 is 0. The number of amides is 4. The van der Waals surface area contributed by atoms with Gasteiger partial charge in [-0.05, 0) is 35.9 Å². The molecule has 4 amide bonds. The molecule has 0 bridgehead atoms. The normalized spacial score (nSPS) is 14.1. The van der Waals surface area contributed by atoms with Crippen LogP contribution in [-0.2, 0) is 15.8 Å². The summed E-state index contributed by atoms with van der Waals surface area (Å²) in [6.45, 7) is 0. The van der Waals surface area contributed by atoms with Crippen molar-refractivity contribution in [2.75, 3.05) is 0 Å². The van der Waals surface area contributed by atoms with E-state index in [0.717, 1.165) is 6.07 Å². The number of nitrogens with zero attached hydrogens (tertiary/aromatic N) is 1. The van der Waals surface area contributed by atoms with Crippen molar-refractivity contribution in [3.8, 4) is 11.5 Å². The fourth-order valence-electron chi connectivity index (χ4n) is 2.45. The lowest BCUT2D eigenvalue weighted by Gasteiger charge is -2.14. The highest BCUT2D eigenvalue weighted by Gasteiger charge is 2.33. The Labute approximate surface area is 165 Å². The zero-order valence-corrected chi connectivity index (χ0v) is 14.6. The molecule has 0 saturated carbocycles. The number of halogens is 3. The van der Waals surface area contributed by atoms with Crippen molar-refractivity contribution in [2.45, 2.75) is 6.18 Å². The van der Waals surface area contributed by atoms with Gasteiger partial charge in [0.25, 0.3) is 11.8 Å². The van der Waals surface area contributed by atoms with Gasteiger partial charge in [0, 0.05) is 6.07 Å². The fraction of sp³-hybridized carbons (Fsp3) is 0.0556. The summed E-state index contributed by atoms with van der Waals surface area (Å²) in [5, 5.41) is 14.9. The van der Waals surface area contributed by atoms with Crippen LogP contribution in [0.15, 0.2) is 48.0 Å². The Hall–Kier alpha value is -4.22. The average Bonchev–Trinajstić information content (AvgIpc) is 2.65. The van der Waals surface area contributed by atoms with Gasteiger partial charge in [-0.2, -0.15) is 13.2 Å². The third-order valence-electron chi connectivity index (χ3n) is 3.85. The molecule has 154 valence electrons. The molecule has 9 nitrogen and oxygen atoms in total. The number of imide groups is 2. The Morgan fingerprint density at radius 1 is 0.967 bits per heavy atom. The third-order valence-corrected chi connectivity index (χ3v) is 3.85. The number of nitrogens with one attached hydrogen (secondary N) is 2. The molecule has 0 radical (unpaired) electrons. The maximum Gasteiger partial charge on any atom is 0.416 e. The fourth-order valence-corrected chi connectivity index (χ4v) is 2.45. The van der Waals surface area contributed by atoms with Gasteiger partial charge in [0.2, 0.25) is 5.75 Å². The highest BCUT2D eigenvalue weighted by molar-refractivity contribution is 6.31. The van der Waals surface area contributed by atoms with Crippen LogP contribution in [0.1, 0.15) is 11.1 Å². The predicted octanol–water partition coefficient (Wildman–Crippen LogP) is 3.16. The SMILES string of the molecule is O=C1NC(=O)C(=Cc2ccc(Oc3ccc(C(F)(F)F)cc3[N+](=O)[O-])cc2)C(=O)N1. The first-order valence-corrected chi connectivity index (χ1v) is 8.06. The van der Waals surface area contributed by atoms with Crippen LogP contribution in [0.2, 0.25) is 0 Å². The van der Waals surface area contributed by atoms with E-state index < -0.39 is 45.9 Å². The second kappa shape index (κ2) is 7.66. The highest BCUT2D eigenvalue weighted by Crippen LogP contribution is 2.37. The second-order valence-electron chi connectivity index (χ2n) is 5.90. The first-order valence-electron chi connectivity index (χ1n) is 8.06.